The van der Waals surface area contributed by atoms with E-state index in [9.17, 15) is 18.0 Å². The third kappa shape index (κ3) is 7.46. The topological polar surface area (TPSA) is 86.8 Å². The van der Waals surface area contributed by atoms with Crippen LogP contribution in [0, 0.1) is 6.92 Å². The Labute approximate surface area is 208 Å². The maximum atomic E-state index is 13.6. The van der Waals surface area contributed by atoms with E-state index in [4.69, 9.17) is 11.6 Å². The first kappa shape index (κ1) is 27.7. The number of halogens is 1. The van der Waals surface area contributed by atoms with Crippen LogP contribution in [0.5, 0.6) is 0 Å². The van der Waals surface area contributed by atoms with Crippen molar-refractivity contribution in [3.05, 3.63) is 64.7 Å². The molecule has 0 bridgehead atoms. The summed E-state index contributed by atoms with van der Waals surface area (Å²) in [5, 5.41) is 3.41. The maximum absolute atomic E-state index is 13.6. The molecule has 0 aliphatic carbocycles. The summed E-state index contributed by atoms with van der Waals surface area (Å²) in [5.74, 6) is -0.767. The van der Waals surface area contributed by atoms with E-state index in [-0.39, 0.29) is 18.5 Å². The summed E-state index contributed by atoms with van der Waals surface area (Å²) in [6.45, 7) is 7.18. The second-order valence-corrected chi connectivity index (χ2v) is 10.8. The van der Waals surface area contributed by atoms with E-state index in [1.807, 2.05) is 33.8 Å². The van der Waals surface area contributed by atoms with Gasteiger partial charge < -0.3 is 10.2 Å². The van der Waals surface area contributed by atoms with Gasteiger partial charge in [-0.1, -0.05) is 55.8 Å². The summed E-state index contributed by atoms with van der Waals surface area (Å²) >= 11 is 6.35. The molecule has 2 amide bonds. The van der Waals surface area contributed by atoms with Crippen molar-refractivity contribution in [3.63, 3.8) is 0 Å². The van der Waals surface area contributed by atoms with Crippen molar-refractivity contribution in [2.24, 2.45) is 0 Å². The summed E-state index contributed by atoms with van der Waals surface area (Å²) < 4.78 is 26.3. The van der Waals surface area contributed by atoms with Crippen molar-refractivity contribution in [1.82, 2.24) is 10.2 Å². The molecule has 2 aromatic rings. The van der Waals surface area contributed by atoms with E-state index in [1.165, 1.54) is 4.90 Å². The van der Waals surface area contributed by atoms with Gasteiger partial charge in [-0.15, -0.1) is 0 Å². The number of nitrogens with zero attached hydrogens (tertiary/aromatic N) is 2. The number of anilines is 1. The second-order valence-electron chi connectivity index (χ2n) is 8.46. The van der Waals surface area contributed by atoms with Gasteiger partial charge in [0, 0.05) is 17.6 Å². The minimum Gasteiger partial charge on any atom is -0.352 e. The number of nitrogens with one attached hydrogen (secondary N) is 1. The molecule has 0 aromatic heterocycles. The molecule has 0 unspecified atom stereocenters. The minimum atomic E-state index is -3.76. The molecule has 7 nitrogen and oxygen atoms in total. The van der Waals surface area contributed by atoms with Crippen molar-refractivity contribution in [3.8, 4) is 0 Å². The molecule has 0 saturated carbocycles. The third-order valence-electron chi connectivity index (χ3n) is 5.65. The van der Waals surface area contributed by atoms with E-state index in [2.05, 4.69) is 5.32 Å². The number of amides is 2. The Kier molecular flexibility index (Phi) is 9.94. The lowest BCUT2D eigenvalue weighted by molar-refractivity contribution is -0.140. The highest BCUT2D eigenvalue weighted by Gasteiger charge is 2.32. The number of sulfonamides is 1. The Hall–Kier alpha value is -2.58. The molecule has 0 radical (unpaired) electrons. The lowest BCUT2D eigenvalue weighted by Gasteiger charge is -2.33. The lowest BCUT2D eigenvalue weighted by atomic mass is 10.1. The number of carbonyl (C=O) groups is 2. The van der Waals surface area contributed by atoms with Crippen molar-refractivity contribution in [1.29, 1.82) is 0 Å². The predicted octanol–water partition coefficient (Wildman–Crippen LogP) is 4.14. The van der Waals surface area contributed by atoms with Crippen LogP contribution < -0.4 is 9.62 Å². The van der Waals surface area contributed by atoms with Gasteiger partial charge in [0.15, 0.2) is 0 Å². The SMILES string of the molecule is CC[C@@H](C)NC(=O)[C@@H](CC)N(Cc1ccccc1Cl)C(=O)CN(c1cccc(C)c1)S(C)(=O)=O. The summed E-state index contributed by atoms with van der Waals surface area (Å²) in [6, 6.07) is 13.2. The highest BCUT2D eigenvalue weighted by atomic mass is 35.5. The normalized spacial score (nSPS) is 13.1. The highest BCUT2D eigenvalue weighted by molar-refractivity contribution is 7.92. The quantitative estimate of drug-likeness (QED) is 0.495. The third-order valence-corrected chi connectivity index (χ3v) is 7.16. The predicted molar refractivity (Wildman–Crippen MR) is 137 cm³/mol. The fourth-order valence-electron chi connectivity index (χ4n) is 3.57. The summed E-state index contributed by atoms with van der Waals surface area (Å²) in [4.78, 5) is 28.1. The monoisotopic (exact) mass is 507 g/mol. The van der Waals surface area contributed by atoms with Gasteiger partial charge in [-0.05, 0) is 56.0 Å². The van der Waals surface area contributed by atoms with E-state index in [0.717, 1.165) is 22.5 Å². The number of hydrogen-bond acceptors (Lipinski definition) is 4. The highest BCUT2D eigenvalue weighted by Crippen LogP contribution is 2.23. The van der Waals surface area contributed by atoms with Crippen LogP contribution in [0.3, 0.4) is 0 Å². The number of aryl methyl sites for hydroxylation is 1. The molecule has 2 rings (SSSR count). The molecule has 0 aliphatic heterocycles. The first-order chi connectivity index (χ1) is 16.0. The maximum Gasteiger partial charge on any atom is 0.244 e. The second kappa shape index (κ2) is 12.2. The van der Waals surface area contributed by atoms with E-state index in [1.54, 1.807) is 42.5 Å². The first-order valence-electron chi connectivity index (χ1n) is 11.4. The average molecular weight is 508 g/mol. The van der Waals surface area contributed by atoms with Gasteiger partial charge in [-0.25, -0.2) is 8.42 Å². The Balaban J connectivity index is 2.45. The zero-order chi connectivity index (χ0) is 25.5. The molecule has 0 fully saturated rings. The van der Waals surface area contributed by atoms with Crippen LogP contribution in [0.2, 0.25) is 5.02 Å². The molecule has 2 aromatic carbocycles. The van der Waals surface area contributed by atoms with Gasteiger partial charge in [0.25, 0.3) is 0 Å². The van der Waals surface area contributed by atoms with Gasteiger partial charge >= 0.3 is 0 Å². The molecule has 34 heavy (non-hydrogen) atoms. The van der Waals surface area contributed by atoms with Crippen molar-refractivity contribution < 1.29 is 18.0 Å². The van der Waals surface area contributed by atoms with Crippen molar-refractivity contribution >= 4 is 39.1 Å². The van der Waals surface area contributed by atoms with Gasteiger partial charge in [0.2, 0.25) is 21.8 Å². The zero-order valence-electron chi connectivity index (χ0n) is 20.4. The Morgan fingerprint density at radius 1 is 1.06 bits per heavy atom. The van der Waals surface area contributed by atoms with Crippen LogP contribution in [-0.4, -0.2) is 50.0 Å². The van der Waals surface area contributed by atoms with E-state index in [0.29, 0.717) is 22.7 Å². The molecular formula is C25H34ClN3O4S. The fraction of sp³-hybridized carbons (Fsp3) is 0.440. The number of hydrogen-bond donors (Lipinski definition) is 1. The number of rotatable bonds is 11. The lowest BCUT2D eigenvalue weighted by Crippen LogP contribution is -2.53. The van der Waals surface area contributed by atoms with Crippen LogP contribution in [0.4, 0.5) is 5.69 Å². The van der Waals surface area contributed by atoms with Gasteiger partial charge in [-0.3, -0.25) is 13.9 Å². The van der Waals surface area contributed by atoms with Crippen LogP contribution >= 0.6 is 11.6 Å². The summed E-state index contributed by atoms with van der Waals surface area (Å²) in [6.07, 6.45) is 2.17. The van der Waals surface area contributed by atoms with Crippen LogP contribution in [0.15, 0.2) is 48.5 Å². The zero-order valence-corrected chi connectivity index (χ0v) is 22.0. The number of carbonyl (C=O) groups excluding carboxylic acids is 2. The minimum absolute atomic E-state index is 0.0568. The molecule has 186 valence electrons. The largest absolute Gasteiger partial charge is 0.352 e. The fourth-order valence-corrected chi connectivity index (χ4v) is 4.60. The van der Waals surface area contributed by atoms with Gasteiger partial charge in [0.1, 0.15) is 12.6 Å². The van der Waals surface area contributed by atoms with Crippen LogP contribution in [-0.2, 0) is 26.2 Å². The van der Waals surface area contributed by atoms with Crippen molar-refractivity contribution in [2.75, 3.05) is 17.1 Å². The molecule has 0 aliphatic rings. The Morgan fingerprint density at radius 2 is 1.74 bits per heavy atom. The number of benzene rings is 2. The summed E-state index contributed by atoms with van der Waals surface area (Å²) in [7, 11) is -3.76. The Morgan fingerprint density at radius 3 is 2.29 bits per heavy atom. The van der Waals surface area contributed by atoms with E-state index < -0.39 is 28.5 Å². The molecule has 9 heteroatoms. The summed E-state index contributed by atoms with van der Waals surface area (Å²) in [5.41, 5.74) is 1.94. The first-order valence-corrected chi connectivity index (χ1v) is 13.6. The van der Waals surface area contributed by atoms with Gasteiger partial charge in [0.05, 0.1) is 11.9 Å². The average Bonchev–Trinajstić information content (AvgIpc) is 2.77. The molecule has 1 N–H and O–H groups in total. The van der Waals surface area contributed by atoms with Gasteiger partial charge in [-0.2, -0.15) is 0 Å². The van der Waals surface area contributed by atoms with E-state index >= 15 is 0 Å². The molecule has 0 spiro atoms. The molecule has 2 atom stereocenters. The van der Waals surface area contributed by atoms with Crippen molar-refractivity contribution in [2.45, 2.75) is 59.2 Å². The molecular weight excluding hydrogens is 474 g/mol. The van der Waals surface area contributed by atoms with Crippen LogP contribution in [0.25, 0.3) is 0 Å². The van der Waals surface area contributed by atoms with Crippen LogP contribution in [0.1, 0.15) is 44.7 Å². The standard InChI is InChI=1S/C25H34ClN3O4S/c1-6-19(4)27-25(31)23(7-2)28(16-20-12-8-9-14-22(20)26)24(30)17-29(34(5,32)33)21-13-10-11-18(3)15-21/h8-15,19,23H,6-7,16-17H2,1-5H3,(H,27,31)/t19-,23-/m1/s1. The Bertz CT molecular complexity index is 1110. The molecule has 0 saturated heterocycles. The molecule has 0 heterocycles. The smallest absolute Gasteiger partial charge is 0.244 e.